The summed E-state index contributed by atoms with van der Waals surface area (Å²) in [4.78, 5) is 12.3. The van der Waals surface area contributed by atoms with Crippen molar-refractivity contribution in [3.8, 4) is 0 Å². The fourth-order valence-electron chi connectivity index (χ4n) is 3.02. The van der Waals surface area contributed by atoms with Crippen molar-refractivity contribution >= 4 is 5.91 Å². The lowest BCUT2D eigenvalue weighted by Gasteiger charge is -2.35. The minimum absolute atomic E-state index is 0.0918. The first-order chi connectivity index (χ1) is 9.60. The Bertz CT molecular complexity index is 462. The summed E-state index contributed by atoms with van der Waals surface area (Å²) in [5, 5.41) is 16.9. The maximum atomic E-state index is 12.3. The average Bonchev–Trinajstić information content (AvgIpc) is 2.87. The maximum absolute atomic E-state index is 12.3. The predicted octanol–water partition coefficient (Wildman–Crippen LogP) is 1.88. The number of amides is 1. The van der Waals surface area contributed by atoms with Gasteiger partial charge in [0, 0.05) is 18.5 Å². The summed E-state index contributed by atoms with van der Waals surface area (Å²) >= 11 is 0. The van der Waals surface area contributed by atoms with Crippen LogP contribution in [0.2, 0.25) is 0 Å². The molecule has 1 aromatic rings. The number of aliphatic hydroxyl groups excluding tert-OH is 1. The fraction of sp³-hybridized carbons (Fsp3) is 0.733. The molecule has 2 rings (SSSR count). The third-order valence-electron chi connectivity index (χ3n) is 4.31. The Hall–Kier alpha value is -1.36. The lowest BCUT2D eigenvalue weighted by atomic mass is 9.74. The Morgan fingerprint density at radius 1 is 1.45 bits per heavy atom. The van der Waals surface area contributed by atoms with Crippen molar-refractivity contribution in [3.63, 3.8) is 0 Å². The Morgan fingerprint density at radius 3 is 2.75 bits per heavy atom. The summed E-state index contributed by atoms with van der Waals surface area (Å²) in [5.74, 6) is -0.0918. The van der Waals surface area contributed by atoms with Gasteiger partial charge in [-0.05, 0) is 32.8 Å². The van der Waals surface area contributed by atoms with Crippen LogP contribution in [-0.4, -0.2) is 33.9 Å². The first kappa shape index (κ1) is 15.0. The van der Waals surface area contributed by atoms with E-state index in [2.05, 4.69) is 10.4 Å². The van der Waals surface area contributed by atoms with E-state index in [9.17, 15) is 9.90 Å². The highest BCUT2D eigenvalue weighted by atomic mass is 16.3. The second-order valence-corrected chi connectivity index (χ2v) is 5.89. The molecule has 0 saturated heterocycles. The van der Waals surface area contributed by atoms with Crippen molar-refractivity contribution in [2.24, 2.45) is 5.41 Å². The van der Waals surface area contributed by atoms with E-state index < -0.39 is 0 Å². The van der Waals surface area contributed by atoms with E-state index in [0.717, 1.165) is 31.4 Å². The summed E-state index contributed by atoms with van der Waals surface area (Å²) in [7, 11) is 0. The van der Waals surface area contributed by atoms with Crippen molar-refractivity contribution < 1.29 is 9.90 Å². The third kappa shape index (κ3) is 3.20. The van der Waals surface area contributed by atoms with Crippen LogP contribution in [0.1, 0.15) is 55.2 Å². The SMILES string of the molecule is CCn1nc(C)cc1C(=O)NCC1(CO)CCCCC1. The summed E-state index contributed by atoms with van der Waals surface area (Å²) in [6, 6.07) is 1.81. The van der Waals surface area contributed by atoms with Gasteiger partial charge in [-0.1, -0.05) is 19.3 Å². The number of carbonyl (C=O) groups excluding carboxylic acids is 1. The molecule has 20 heavy (non-hydrogen) atoms. The quantitative estimate of drug-likeness (QED) is 0.865. The topological polar surface area (TPSA) is 67.2 Å². The molecular formula is C15H25N3O2. The van der Waals surface area contributed by atoms with Crippen LogP contribution in [0, 0.1) is 12.3 Å². The molecule has 1 saturated carbocycles. The number of aryl methyl sites for hydroxylation is 2. The standard InChI is InChI=1S/C15H25N3O2/c1-3-18-13(9-12(2)17-18)14(20)16-10-15(11-19)7-5-4-6-8-15/h9,19H,3-8,10-11H2,1-2H3,(H,16,20). The van der Waals surface area contributed by atoms with Crippen LogP contribution in [0.3, 0.4) is 0 Å². The van der Waals surface area contributed by atoms with E-state index in [1.807, 2.05) is 19.9 Å². The largest absolute Gasteiger partial charge is 0.396 e. The zero-order valence-electron chi connectivity index (χ0n) is 12.5. The van der Waals surface area contributed by atoms with Crippen LogP contribution in [0.4, 0.5) is 0 Å². The minimum Gasteiger partial charge on any atom is -0.396 e. The first-order valence-corrected chi connectivity index (χ1v) is 7.54. The van der Waals surface area contributed by atoms with E-state index in [4.69, 9.17) is 0 Å². The molecule has 0 spiro atoms. The van der Waals surface area contributed by atoms with Crippen LogP contribution in [-0.2, 0) is 6.54 Å². The van der Waals surface area contributed by atoms with Crippen molar-refractivity contribution in [3.05, 3.63) is 17.5 Å². The van der Waals surface area contributed by atoms with Gasteiger partial charge in [0.2, 0.25) is 0 Å². The molecule has 1 heterocycles. The molecule has 0 aromatic carbocycles. The van der Waals surface area contributed by atoms with Gasteiger partial charge in [0.15, 0.2) is 0 Å². The molecule has 1 amide bonds. The van der Waals surface area contributed by atoms with Gasteiger partial charge in [-0.3, -0.25) is 9.48 Å². The number of nitrogens with one attached hydrogen (secondary N) is 1. The first-order valence-electron chi connectivity index (χ1n) is 7.54. The Kier molecular flexibility index (Phi) is 4.81. The highest BCUT2D eigenvalue weighted by Crippen LogP contribution is 2.35. The van der Waals surface area contributed by atoms with E-state index in [-0.39, 0.29) is 17.9 Å². The summed E-state index contributed by atoms with van der Waals surface area (Å²) in [6.07, 6.45) is 5.51. The molecule has 1 fully saturated rings. The monoisotopic (exact) mass is 279 g/mol. The lowest BCUT2D eigenvalue weighted by Crippen LogP contribution is -2.41. The number of hydrogen-bond acceptors (Lipinski definition) is 3. The molecule has 112 valence electrons. The van der Waals surface area contributed by atoms with E-state index in [0.29, 0.717) is 18.8 Å². The number of rotatable bonds is 5. The maximum Gasteiger partial charge on any atom is 0.269 e. The second-order valence-electron chi connectivity index (χ2n) is 5.89. The summed E-state index contributed by atoms with van der Waals surface area (Å²) < 4.78 is 1.72. The zero-order chi connectivity index (χ0) is 14.6. The second kappa shape index (κ2) is 6.39. The number of aliphatic hydroxyl groups is 1. The van der Waals surface area contributed by atoms with Crippen molar-refractivity contribution in [1.82, 2.24) is 15.1 Å². The van der Waals surface area contributed by atoms with Gasteiger partial charge in [-0.15, -0.1) is 0 Å². The minimum atomic E-state index is -0.125. The normalized spacial score (nSPS) is 17.9. The zero-order valence-corrected chi connectivity index (χ0v) is 12.5. The van der Waals surface area contributed by atoms with Gasteiger partial charge in [0.25, 0.3) is 5.91 Å². The molecule has 2 N–H and O–H groups in total. The van der Waals surface area contributed by atoms with Crippen LogP contribution < -0.4 is 5.32 Å². The van der Waals surface area contributed by atoms with Crippen LogP contribution >= 0.6 is 0 Å². The highest BCUT2D eigenvalue weighted by Gasteiger charge is 2.32. The van der Waals surface area contributed by atoms with Crippen molar-refractivity contribution in [2.45, 2.75) is 52.5 Å². The third-order valence-corrected chi connectivity index (χ3v) is 4.31. The lowest BCUT2D eigenvalue weighted by molar-refractivity contribution is 0.0713. The van der Waals surface area contributed by atoms with Gasteiger partial charge in [-0.25, -0.2) is 0 Å². The molecule has 1 aromatic heterocycles. The predicted molar refractivity (Wildman–Crippen MR) is 77.6 cm³/mol. The van der Waals surface area contributed by atoms with E-state index >= 15 is 0 Å². The molecule has 0 unspecified atom stereocenters. The van der Waals surface area contributed by atoms with Gasteiger partial charge >= 0.3 is 0 Å². The average molecular weight is 279 g/mol. The number of aromatic nitrogens is 2. The Labute approximate surface area is 120 Å². The molecule has 1 aliphatic rings. The Morgan fingerprint density at radius 2 is 2.15 bits per heavy atom. The molecule has 5 heteroatoms. The molecular weight excluding hydrogens is 254 g/mol. The van der Waals surface area contributed by atoms with Gasteiger partial charge in [0.05, 0.1) is 12.3 Å². The van der Waals surface area contributed by atoms with E-state index in [1.54, 1.807) is 4.68 Å². The van der Waals surface area contributed by atoms with Crippen LogP contribution in [0.5, 0.6) is 0 Å². The van der Waals surface area contributed by atoms with Crippen LogP contribution in [0.15, 0.2) is 6.07 Å². The number of nitrogens with zero attached hydrogens (tertiary/aromatic N) is 2. The van der Waals surface area contributed by atoms with Gasteiger partial charge in [0.1, 0.15) is 5.69 Å². The van der Waals surface area contributed by atoms with Crippen molar-refractivity contribution in [2.75, 3.05) is 13.2 Å². The molecule has 0 bridgehead atoms. The highest BCUT2D eigenvalue weighted by molar-refractivity contribution is 5.92. The molecule has 0 atom stereocenters. The van der Waals surface area contributed by atoms with E-state index in [1.165, 1.54) is 6.42 Å². The number of carbonyl (C=O) groups is 1. The van der Waals surface area contributed by atoms with Gasteiger partial charge < -0.3 is 10.4 Å². The summed E-state index contributed by atoms with van der Waals surface area (Å²) in [6.45, 7) is 5.25. The van der Waals surface area contributed by atoms with Gasteiger partial charge in [-0.2, -0.15) is 5.10 Å². The molecule has 0 radical (unpaired) electrons. The molecule has 5 nitrogen and oxygen atoms in total. The summed E-state index contributed by atoms with van der Waals surface area (Å²) in [5.41, 5.74) is 1.33. The Balaban J connectivity index is 2.00. The fourth-order valence-corrected chi connectivity index (χ4v) is 3.02. The van der Waals surface area contributed by atoms with Crippen molar-refractivity contribution in [1.29, 1.82) is 0 Å². The number of hydrogen-bond donors (Lipinski definition) is 2. The smallest absolute Gasteiger partial charge is 0.269 e. The van der Waals surface area contributed by atoms with Crippen LogP contribution in [0.25, 0.3) is 0 Å². The molecule has 0 aliphatic heterocycles. The molecule has 1 aliphatic carbocycles.